The van der Waals surface area contributed by atoms with E-state index in [2.05, 4.69) is 19.9 Å². The second-order valence-electron chi connectivity index (χ2n) is 3.74. The number of fused-ring (bicyclic) bond motifs is 1. The molecule has 0 saturated carbocycles. The van der Waals surface area contributed by atoms with Crippen molar-refractivity contribution in [1.82, 2.24) is 25.3 Å². The third kappa shape index (κ3) is 3.59. The Kier molecular flexibility index (Phi) is 4.42. The highest BCUT2D eigenvalue weighted by Gasteiger charge is 2.38. The topological polar surface area (TPSA) is 83.6 Å². The standard InChI is InChI=1S/C10H10F3N5OS/c11-10(12,13)9(19)14-2-1-3-20-8-6-7(16-4-15-6)17-5-18-8/h4-5H,1-3H2,(H,14,19)(H,15,16,17,18). The maximum absolute atomic E-state index is 11.9. The van der Waals surface area contributed by atoms with Crippen molar-refractivity contribution in [3.63, 3.8) is 0 Å². The minimum absolute atomic E-state index is 0.0391. The number of alkyl halides is 3. The maximum atomic E-state index is 11.9. The fraction of sp³-hybridized carbons (Fsp3) is 0.400. The Morgan fingerprint density at radius 1 is 1.35 bits per heavy atom. The molecule has 0 unspecified atom stereocenters. The van der Waals surface area contributed by atoms with Crippen molar-refractivity contribution in [3.8, 4) is 0 Å². The van der Waals surface area contributed by atoms with Crippen LogP contribution in [-0.2, 0) is 4.79 Å². The second-order valence-corrected chi connectivity index (χ2v) is 4.82. The first-order valence-corrected chi connectivity index (χ1v) is 6.59. The highest BCUT2D eigenvalue weighted by molar-refractivity contribution is 7.99. The molecule has 108 valence electrons. The molecule has 0 aliphatic carbocycles. The van der Waals surface area contributed by atoms with E-state index in [9.17, 15) is 18.0 Å². The SMILES string of the molecule is O=C(NCCCSc1ncnc2nc[nH]c12)C(F)(F)F. The lowest BCUT2D eigenvalue weighted by Gasteiger charge is -2.07. The van der Waals surface area contributed by atoms with Crippen molar-refractivity contribution in [2.45, 2.75) is 17.6 Å². The van der Waals surface area contributed by atoms with Crippen molar-refractivity contribution in [1.29, 1.82) is 0 Å². The molecule has 0 aromatic carbocycles. The Balaban J connectivity index is 1.77. The molecule has 0 radical (unpaired) electrons. The number of thioether (sulfide) groups is 1. The van der Waals surface area contributed by atoms with Crippen LogP contribution >= 0.6 is 11.8 Å². The van der Waals surface area contributed by atoms with Gasteiger partial charge in [0.2, 0.25) is 0 Å². The zero-order valence-electron chi connectivity index (χ0n) is 10.1. The number of amides is 1. The van der Waals surface area contributed by atoms with E-state index in [1.54, 1.807) is 0 Å². The van der Waals surface area contributed by atoms with E-state index >= 15 is 0 Å². The highest BCUT2D eigenvalue weighted by atomic mass is 32.2. The quantitative estimate of drug-likeness (QED) is 0.497. The summed E-state index contributed by atoms with van der Waals surface area (Å²) in [6.07, 6.45) is -1.57. The van der Waals surface area contributed by atoms with Crippen molar-refractivity contribution < 1.29 is 18.0 Å². The van der Waals surface area contributed by atoms with Crippen LogP contribution < -0.4 is 5.32 Å². The zero-order valence-corrected chi connectivity index (χ0v) is 10.9. The maximum Gasteiger partial charge on any atom is 0.471 e. The molecule has 1 amide bonds. The van der Waals surface area contributed by atoms with Crippen molar-refractivity contribution >= 4 is 28.8 Å². The number of aromatic nitrogens is 4. The monoisotopic (exact) mass is 305 g/mol. The molecular formula is C10H10F3N5OS. The average Bonchev–Trinajstić information content (AvgIpc) is 2.86. The Morgan fingerprint density at radius 2 is 2.15 bits per heavy atom. The summed E-state index contributed by atoms with van der Waals surface area (Å²) in [6.45, 7) is -0.0391. The summed E-state index contributed by atoms with van der Waals surface area (Å²) < 4.78 is 35.8. The third-order valence-corrected chi connectivity index (χ3v) is 3.37. The van der Waals surface area contributed by atoms with Crippen LogP contribution in [0.25, 0.3) is 11.2 Å². The molecule has 2 heterocycles. The van der Waals surface area contributed by atoms with Gasteiger partial charge in [-0.05, 0) is 6.42 Å². The lowest BCUT2D eigenvalue weighted by molar-refractivity contribution is -0.173. The van der Waals surface area contributed by atoms with Crippen LogP contribution in [0.5, 0.6) is 0 Å². The van der Waals surface area contributed by atoms with Gasteiger partial charge in [-0.15, -0.1) is 11.8 Å². The fourth-order valence-electron chi connectivity index (χ4n) is 1.40. The zero-order chi connectivity index (χ0) is 14.6. The van der Waals surface area contributed by atoms with Gasteiger partial charge in [0.15, 0.2) is 5.65 Å². The van der Waals surface area contributed by atoms with Gasteiger partial charge < -0.3 is 10.3 Å². The van der Waals surface area contributed by atoms with Crippen molar-refractivity contribution in [2.75, 3.05) is 12.3 Å². The number of rotatable bonds is 5. The summed E-state index contributed by atoms with van der Waals surface area (Å²) in [5.41, 5.74) is 1.23. The molecule has 0 fully saturated rings. The first-order valence-electron chi connectivity index (χ1n) is 5.60. The number of nitrogens with zero attached hydrogens (tertiary/aromatic N) is 3. The minimum Gasteiger partial charge on any atom is -0.348 e. The molecule has 0 aliphatic heterocycles. The summed E-state index contributed by atoms with van der Waals surface area (Å²) >= 11 is 1.36. The van der Waals surface area contributed by atoms with Gasteiger partial charge in [0, 0.05) is 12.3 Å². The summed E-state index contributed by atoms with van der Waals surface area (Å²) in [7, 11) is 0. The number of imidazole rings is 1. The van der Waals surface area contributed by atoms with E-state index in [0.29, 0.717) is 28.4 Å². The Labute approximate surface area is 115 Å². The molecule has 0 bridgehead atoms. The summed E-state index contributed by atoms with van der Waals surface area (Å²) in [6, 6.07) is 0. The molecule has 20 heavy (non-hydrogen) atoms. The summed E-state index contributed by atoms with van der Waals surface area (Å²) in [5.74, 6) is -1.40. The molecule has 6 nitrogen and oxygen atoms in total. The van der Waals surface area contributed by atoms with Crippen LogP contribution in [0, 0.1) is 0 Å². The molecule has 2 rings (SSSR count). The van der Waals surface area contributed by atoms with Gasteiger partial charge in [-0.3, -0.25) is 4.79 Å². The van der Waals surface area contributed by atoms with Crippen LogP contribution in [0.3, 0.4) is 0 Å². The molecule has 0 atom stereocenters. The van der Waals surface area contributed by atoms with Crippen LogP contribution in [0.15, 0.2) is 17.7 Å². The Morgan fingerprint density at radius 3 is 2.90 bits per heavy atom. The molecule has 2 aromatic heterocycles. The normalized spacial score (nSPS) is 11.8. The smallest absolute Gasteiger partial charge is 0.348 e. The second kappa shape index (κ2) is 6.07. The molecule has 2 aromatic rings. The van der Waals surface area contributed by atoms with Gasteiger partial charge >= 0.3 is 12.1 Å². The van der Waals surface area contributed by atoms with Gasteiger partial charge in [-0.25, -0.2) is 15.0 Å². The third-order valence-electron chi connectivity index (χ3n) is 2.29. The highest BCUT2D eigenvalue weighted by Crippen LogP contribution is 2.22. The van der Waals surface area contributed by atoms with Crippen LogP contribution in [0.4, 0.5) is 13.2 Å². The number of halogens is 3. The van der Waals surface area contributed by atoms with Crippen LogP contribution in [0.1, 0.15) is 6.42 Å². The number of hydrogen-bond donors (Lipinski definition) is 2. The van der Waals surface area contributed by atoms with Gasteiger partial charge in [0.05, 0.1) is 6.33 Å². The molecule has 10 heteroatoms. The first kappa shape index (κ1) is 14.6. The van der Waals surface area contributed by atoms with Crippen molar-refractivity contribution in [3.05, 3.63) is 12.7 Å². The van der Waals surface area contributed by atoms with E-state index in [-0.39, 0.29) is 6.54 Å². The van der Waals surface area contributed by atoms with Crippen LogP contribution in [-0.4, -0.2) is 44.3 Å². The summed E-state index contributed by atoms with van der Waals surface area (Å²) in [5, 5.41) is 2.49. The number of carbonyl (C=O) groups is 1. The van der Waals surface area contributed by atoms with E-state index in [1.807, 2.05) is 5.32 Å². The number of carbonyl (C=O) groups excluding carboxylic acids is 1. The molecule has 0 spiro atoms. The largest absolute Gasteiger partial charge is 0.471 e. The molecule has 0 aliphatic rings. The minimum atomic E-state index is -4.83. The molecule has 0 saturated heterocycles. The average molecular weight is 305 g/mol. The van der Waals surface area contributed by atoms with Gasteiger partial charge in [-0.1, -0.05) is 0 Å². The van der Waals surface area contributed by atoms with Gasteiger partial charge in [0.25, 0.3) is 0 Å². The Bertz CT molecular complexity index is 600. The number of hydrogen-bond acceptors (Lipinski definition) is 5. The predicted octanol–water partition coefficient (Wildman–Crippen LogP) is 1.51. The van der Waals surface area contributed by atoms with Gasteiger partial charge in [0.1, 0.15) is 16.9 Å². The lowest BCUT2D eigenvalue weighted by Crippen LogP contribution is -2.37. The Hall–Kier alpha value is -1.84. The molecular weight excluding hydrogens is 295 g/mol. The summed E-state index contributed by atoms with van der Waals surface area (Å²) in [4.78, 5) is 25.4. The van der Waals surface area contributed by atoms with E-state index in [4.69, 9.17) is 0 Å². The van der Waals surface area contributed by atoms with E-state index in [1.165, 1.54) is 24.4 Å². The van der Waals surface area contributed by atoms with E-state index in [0.717, 1.165) is 0 Å². The number of H-pyrrole nitrogens is 1. The van der Waals surface area contributed by atoms with Gasteiger partial charge in [-0.2, -0.15) is 13.2 Å². The first-order chi connectivity index (χ1) is 9.48. The van der Waals surface area contributed by atoms with Crippen LogP contribution in [0.2, 0.25) is 0 Å². The van der Waals surface area contributed by atoms with E-state index < -0.39 is 12.1 Å². The number of nitrogens with one attached hydrogen (secondary N) is 2. The number of aromatic amines is 1. The predicted molar refractivity (Wildman–Crippen MR) is 66.1 cm³/mol. The van der Waals surface area contributed by atoms with Crippen molar-refractivity contribution in [2.24, 2.45) is 0 Å². The lowest BCUT2D eigenvalue weighted by atomic mass is 10.4. The fourth-order valence-corrected chi connectivity index (χ4v) is 2.29. The molecule has 2 N–H and O–H groups in total.